The van der Waals surface area contributed by atoms with E-state index in [0.29, 0.717) is 11.3 Å². The first-order valence-electron chi connectivity index (χ1n) is 8.07. The van der Waals surface area contributed by atoms with E-state index in [0.717, 1.165) is 26.1 Å². The van der Waals surface area contributed by atoms with Crippen LogP contribution in [0.1, 0.15) is 51.0 Å². The minimum Gasteiger partial charge on any atom is -0.375 e. The predicted octanol–water partition coefficient (Wildman–Crippen LogP) is 3.73. The van der Waals surface area contributed by atoms with Gasteiger partial charge in [0.1, 0.15) is 0 Å². The zero-order valence-corrected chi connectivity index (χ0v) is 12.8. The Hall–Kier alpha value is -0.860. The Morgan fingerprint density at radius 3 is 2.80 bits per heavy atom. The normalized spacial score (nSPS) is 38.0. The van der Waals surface area contributed by atoms with Crippen LogP contribution in [-0.4, -0.2) is 25.3 Å². The summed E-state index contributed by atoms with van der Waals surface area (Å²) in [5, 5.41) is 3.61. The van der Waals surface area contributed by atoms with Gasteiger partial charge >= 0.3 is 0 Å². The second kappa shape index (κ2) is 5.50. The maximum Gasteiger partial charge on any atom is 0.0657 e. The Morgan fingerprint density at radius 2 is 2.05 bits per heavy atom. The van der Waals surface area contributed by atoms with Crippen LogP contribution in [0, 0.1) is 5.41 Å². The number of hydrogen-bond acceptors (Lipinski definition) is 2. The lowest BCUT2D eigenvalue weighted by Crippen LogP contribution is -2.51. The fourth-order valence-corrected chi connectivity index (χ4v) is 4.25. The zero-order chi connectivity index (χ0) is 14.1. The smallest absolute Gasteiger partial charge is 0.0657 e. The highest BCUT2D eigenvalue weighted by Gasteiger charge is 2.48. The molecule has 3 rings (SSSR count). The van der Waals surface area contributed by atoms with Crippen molar-refractivity contribution >= 4 is 0 Å². The molecule has 0 radical (unpaired) electrons. The fraction of sp³-hybridized carbons (Fsp3) is 0.667. The van der Waals surface area contributed by atoms with Gasteiger partial charge in [-0.1, -0.05) is 37.3 Å². The van der Waals surface area contributed by atoms with E-state index in [2.05, 4.69) is 49.5 Å². The van der Waals surface area contributed by atoms with Crippen molar-refractivity contribution in [1.29, 1.82) is 0 Å². The van der Waals surface area contributed by atoms with E-state index in [4.69, 9.17) is 4.74 Å². The predicted molar refractivity (Wildman–Crippen MR) is 83.0 cm³/mol. The van der Waals surface area contributed by atoms with Crippen LogP contribution in [0.3, 0.4) is 0 Å². The quantitative estimate of drug-likeness (QED) is 0.886. The fourth-order valence-electron chi connectivity index (χ4n) is 4.25. The van der Waals surface area contributed by atoms with E-state index in [1.54, 1.807) is 0 Å². The number of piperidine rings is 1. The van der Waals surface area contributed by atoms with Crippen LogP contribution in [0.4, 0.5) is 0 Å². The Labute approximate surface area is 122 Å². The Morgan fingerprint density at radius 1 is 1.25 bits per heavy atom. The minimum atomic E-state index is 0.0720. The van der Waals surface area contributed by atoms with Crippen molar-refractivity contribution in [2.24, 2.45) is 5.41 Å². The van der Waals surface area contributed by atoms with Gasteiger partial charge in [0.25, 0.3) is 0 Å². The highest BCUT2D eigenvalue weighted by atomic mass is 16.5. The number of rotatable bonds is 2. The van der Waals surface area contributed by atoms with Gasteiger partial charge in [-0.3, -0.25) is 0 Å². The monoisotopic (exact) mass is 273 g/mol. The van der Waals surface area contributed by atoms with Gasteiger partial charge in [0.2, 0.25) is 0 Å². The van der Waals surface area contributed by atoms with Crippen molar-refractivity contribution in [2.75, 3.05) is 19.7 Å². The third-order valence-electron chi connectivity index (χ3n) is 5.61. The van der Waals surface area contributed by atoms with Gasteiger partial charge in [-0.05, 0) is 50.1 Å². The highest BCUT2D eigenvalue weighted by Crippen LogP contribution is 2.52. The number of nitrogens with one attached hydrogen (secondary N) is 1. The van der Waals surface area contributed by atoms with Crippen LogP contribution in [-0.2, 0) is 4.74 Å². The molecule has 2 nitrogen and oxygen atoms in total. The zero-order valence-electron chi connectivity index (χ0n) is 12.8. The van der Waals surface area contributed by atoms with Gasteiger partial charge in [-0.2, -0.15) is 0 Å². The summed E-state index contributed by atoms with van der Waals surface area (Å²) in [6, 6.07) is 11.1. The molecule has 0 saturated carbocycles. The summed E-state index contributed by atoms with van der Waals surface area (Å²) in [6.07, 6.45) is 4.82. The van der Waals surface area contributed by atoms with Gasteiger partial charge in [0.15, 0.2) is 0 Å². The molecule has 1 N–H and O–H groups in total. The largest absolute Gasteiger partial charge is 0.375 e. The molecule has 2 saturated heterocycles. The molecular formula is C18H27NO. The average Bonchev–Trinajstić information content (AvgIpc) is 2.48. The SMILES string of the molecule is CCC1(C)CC2(CCNCC2c2ccccc2)CCO1. The van der Waals surface area contributed by atoms with Gasteiger partial charge in [0.05, 0.1) is 5.60 Å². The van der Waals surface area contributed by atoms with E-state index < -0.39 is 0 Å². The number of ether oxygens (including phenoxy) is 1. The topological polar surface area (TPSA) is 21.3 Å². The summed E-state index contributed by atoms with van der Waals surface area (Å²) < 4.78 is 6.11. The first-order valence-corrected chi connectivity index (χ1v) is 8.07. The molecule has 3 unspecified atom stereocenters. The summed E-state index contributed by atoms with van der Waals surface area (Å²) in [6.45, 7) is 7.76. The molecule has 0 amide bonds. The second-order valence-electron chi connectivity index (χ2n) is 6.86. The van der Waals surface area contributed by atoms with E-state index >= 15 is 0 Å². The van der Waals surface area contributed by atoms with Crippen LogP contribution in [0.25, 0.3) is 0 Å². The first-order chi connectivity index (χ1) is 9.68. The second-order valence-corrected chi connectivity index (χ2v) is 6.86. The lowest BCUT2D eigenvalue weighted by molar-refractivity contribution is -0.130. The van der Waals surface area contributed by atoms with Crippen LogP contribution in [0.5, 0.6) is 0 Å². The molecule has 2 aliphatic rings. The van der Waals surface area contributed by atoms with Crippen molar-refractivity contribution in [3.05, 3.63) is 35.9 Å². The standard InChI is InChI=1S/C18H27NO/c1-3-17(2)14-18(10-12-20-17)9-11-19-13-16(18)15-7-5-4-6-8-15/h4-8,16,19H,3,9-14H2,1-2H3. The third kappa shape index (κ3) is 2.51. The Balaban J connectivity index is 1.92. The number of hydrogen-bond donors (Lipinski definition) is 1. The van der Waals surface area contributed by atoms with Crippen molar-refractivity contribution < 1.29 is 4.74 Å². The number of benzene rings is 1. The molecule has 0 aliphatic carbocycles. The first kappa shape index (κ1) is 14.1. The molecule has 2 fully saturated rings. The van der Waals surface area contributed by atoms with Gasteiger partial charge in [-0.15, -0.1) is 0 Å². The lowest BCUT2D eigenvalue weighted by atomic mass is 9.60. The molecule has 2 heteroatoms. The maximum absolute atomic E-state index is 6.11. The molecule has 1 aromatic carbocycles. The summed E-state index contributed by atoms with van der Waals surface area (Å²) in [4.78, 5) is 0. The molecule has 0 aromatic heterocycles. The molecule has 0 bridgehead atoms. The summed E-state index contributed by atoms with van der Waals surface area (Å²) in [7, 11) is 0. The van der Waals surface area contributed by atoms with Crippen LogP contribution < -0.4 is 5.32 Å². The van der Waals surface area contributed by atoms with Crippen molar-refractivity contribution in [2.45, 2.75) is 51.0 Å². The van der Waals surface area contributed by atoms with Gasteiger partial charge < -0.3 is 10.1 Å². The maximum atomic E-state index is 6.11. The van der Waals surface area contributed by atoms with Gasteiger partial charge in [0, 0.05) is 19.1 Å². The van der Waals surface area contributed by atoms with Crippen molar-refractivity contribution in [3.8, 4) is 0 Å². The third-order valence-corrected chi connectivity index (χ3v) is 5.61. The van der Waals surface area contributed by atoms with Crippen LogP contribution in [0.2, 0.25) is 0 Å². The van der Waals surface area contributed by atoms with E-state index in [9.17, 15) is 0 Å². The molecular weight excluding hydrogens is 246 g/mol. The van der Waals surface area contributed by atoms with Crippen molar-refractivity contribution in [3.63, 3.8) is 0 Å². The van der Waals surface area contributed by atoms with E-state index in [-0.39, 0.29) is 5.60 Å². The minimum absolute atomic E-state index is 0.0720. The molecule has 2 heterocycles. The summed E-state index contributed by atoms with van der Waals surface area (Å²) in [5.41, 5.74) is 2.00. The molecule has 20 heavy (non-hydrogen) atoms. The lowest BCUT2D eigenvalue weighted by Gasteiger charge is -2.52. The van der Waals surface area contributed by atoms with Gasteiger partial charge in [-0.25, -0.2) is 0 Å². The average molecular weight is 273 g/mol. The van der Waals surface area contributed by atoms with Crippen LogP contribution in [0.15, 0.2) is 30.3 Å². The molecule has 3 atom stereocenters. The van der Waals surface area contributed by atoms with Crippen LogP contribution >= 0.6 is 0 Å². The Bertz CT molecular complexity index is 442. The van der Waals surface area contributed by atoms with E-state index in [1.165, 1.54) is 24.8 Å². The molecule has 1 aromatic rings. The molecule has 2 aliphatic heterocycles. The Kier molecular flexibility index (Phi) is 3.87. The summed E-state index contributed by atoms with van der Waals surface area (Å²) in [5.74, 6) is 0.632. The highest BCUT2D eigenvalue weighted by molar-refractivity contribution is 5.24. The summed E-state index contributed by atoms with van der Waals surface area (Å²) >= 11 is 0. The molecule has 1 spiro atoms. The van der Waals surface area contributed by atoms with Crippen molar-refractivity contribution in [1.82, 2.24) is 5.32 Å². The molecule has 110 valence electrons. The van der Waals surface area contributed by atoms with E-state index in [1.807, 2.05) is 0 Å².